The van der Waals surface area contributed by atoms with Crippen molar-refractivity contribution in [2.75, 3.05) is 0 Å². The van der Waals surface area contributed by atoms with E-state index in [-0.39, 0.29) is 5.56 Å². The van der Waals surface area contributed by atoms with Crippen molar-refractivity contribution in [2.45, 2.75) is 13.8 Å². The van der Waals surface area contributed by atoms with Crippen molar-refractivity contribution in [3.63, 3.8) is 0 Å². The minimum absolute atomic E-state index is 0.372. The van der Waals surface area contributed by atoms with E-state index in [9.17, 15) is 9.59 Å². The SMILES string of the molecule is Cc1ccc2[nH]cc(-c3c(C)[nH]c(=O)[nH]c3=O)c2c1. The molecule has 0 amide bonds. The van der Waals surface area contributed by atoms with Gasteiger partial charge in [-0.05, 0) is 26.0 Å². The smallest absolute Gasteiger partial charge is 0.325 e. The van der Waals surface area contributed by atoms with Gasteiger partial charge >= 0.3 is 5.69 Å². The lowest BCUT2D eigenvalue weighted by molar-refractivity contribution is 1.000. The predicted molar refractivity (Wildman–Crippen MR) is 74.5 cm³/mol. The minimum atomic E-state index is -0.484. The molecule has 0 unspecified atom stereocenters. The second-order valence-corrected chi connectivity index (χ2v) is 4.66. The van der Waals surface area contributed by atoms with Crippen LogP contribution in [0.3, 0.4) is 0 Å². The van der Waals surface area contributed by atoms with Gasteiger partial charge in [0.1, 0.15) is 0 Å². The Kier molecular flexibility index (Phi) is 2.41. The normalized spacial score (nSPS) is 11.1. The third kappa shape index (κ3) is 1.79. The van der Waals surface area contributed by atoms with Crippen molar-refractivity contribution in [1.82, 2.24) is 15.0 Å². The van der Waals surface area contributed by atoms with Crippen LogP contribution in [-0.2, 0) is 0 Å². The molecule has 5 heteroatoms. The fourth-order valence-electron chi connectivity index (χ4n) is 2.37. The molecule has 19 heavy (non-hydrogen) atoms. The predicted octanol–water partition coefficient (Wildman–Crippen LogP) is 1.83. The van der Waals surface area contributed by atoms with Crippen molar-refractivity contribution in [1.29, 1.82) is 0 Å². The number of aromatic amines is 3. The van der Waals surface area contributed by atoms with Crippen LogP contribution in [0.2, 0.25) is 0 Å². The molecule has 0 saturated heterocycles. The number of H-pyrrole nitrogens is 3. The van der Waals surface area contributed by atoms with Crippen molar-refractivity contribution in [3.05, 3.63) is 56.5 Å². The highest BCUT2D eigenvalue weighted by atomic mass is 16.2. The van der Waals surface area contributed by atoms with E-state index in [2.05, 4.69) is 15.0 Å². The maximum atomic E-state index is 12.0. The number of fused-ring (bicyclic) bond motifs is 1. The molecule has 0 aliphatic carbocycles. The van der Waals surface area contributed by atoms with E-state index in [1.54, 1.807) is 13.1 Å². The number of rotatable bonds is 1. The van der Waals surface area contributed by atoms with Crippen molar-refractivity contribution in [2.24, 2.45) is 0 Å². The highest BCUT2D eigenvalue weighted by Gasteiger charge is 2.13. The Hall–Kier alpha value is -2.56. The lowest BCUT2D eigenvalue weighted by Crippen LogP contribution is -2.24. The molecule has 3 rings (SSSR count). The van der Waals surface area contributed by atoms with E-state index in [0.29, 0.717) is 11.3 Å². The van der Waals surface area contributed by atoms with Crippen LogP contribution in [-0.4, -0.2) is 15.0 Å². The summed E-state index contributed by atoms with van der Waals surface area (Å²) in [5, 5.41) is 0.973. The highest BCUT2D eigenvalue weighted by molar-refractivity contribution is 5.96. The lowest BCUT2D eigenvalue weighted by Gasteiger charge is -2.03. The zero-order valence-electron chi connectivity index (χ0n) is 10.6. The Morgan fingerprint density at radius 2 is 1.84 bits per heavy atom. The van der Waals surface area contributed by atoms with E-state index in [1.165, 1.54) is 0 Å². The molecule has 3 N–H and O–H groups in total. The van der Waals surface area contributed by atoms with Gasteiger partial charge in [0.25, 0.3) is 5.56 Å². The molecule has 0 radical (unpaired) electrons. The largest absolute Gasteiger partial charge is 0.361 e. The highest BCUT2D eigenvalue weighted by Crippen LogP contribution is 2.28. The van der Waals surface area contributed by atoms with Crippen molar-refractivity contribution >= 4 is 10.9 Å². The van der Waals surface area contributed by atoms with Gasteiger partial charge in [-0.15, -0.1) is 0 Å². The van der Waals surface area contributed by atoms with Crippen LogP contribution < -0.4 is 11.2 Å². The Balaban J connectivity index is 2.40. The lowest BCUT2D eigenvalue weighted by atomic mass is 10.0. The minimum Gasteiger partial charge on any atom is -0.361 e. The maximum absolute atomic E-state index is 12.0. The molecule has 2 heterocycles. The fraction of sp³-hybridized carbons (Fsp3) is 0.143. The standard InChI is InChI=1S/C14H13N3O2/c1-7-3-4-11-9(5-7)10(6-15-11)12-8(2)16-14(19)17-13(12)18/h3-6,15H,1-2H3,(H2,16,17,18,19). The molecule has 5 nitrogen and oxygen atoms in total. The molecule has 0 spiro atoms. The van der Waals surface area contributed by atoms with Gasteiger partial charge in [-0.3, -0.25) is 9.78 Å². The Labute approximate surface area is 108 Å². The van der Waals surface area contributed by atoms with Gasteiger partial charge < -0.3 is 9.97 Å². The number of hydrogen-bond acceptors (Lipinski definition) is 2. The van der Waals surface area contributed by atoms with Gasteiger partial charge in [0.05, 0.1) is 5.56 Å². The van der Waals surface area contributed by atoms with E-state index in [4.69, 9.17) is 0 Å². The van der Waals surface area contributed by atoms with Gasteiger partial charge in [0, 0.05) is 28.4 Å². The first-order valence-corrected chi connectivity index (χ1v) is 5.97. The molecule has 0 saturated carbocycles. The topological polar surface area (TPSA) is 81.5 Å². The molecule has 0 bridgehead atoms. The number of aromatic nitrogens is 3. The second kappa shape index (κ2) is 3.98. The van der Waals surface area contributed by atoms with E-state index in [1.807, 2.05) is 25.1 Å². The van der Waals surface area contributed by atoms with Crippen LogP contribution in [0.5, 0.6) is 0 Å². The number of benzene rings is 1. The van der Waals surface area contributed by atoms with Crippen LogP contribution in [0.15, 0.2) is 34.0 Å². The van der Waals surface area contributed by atoms with Crippen LogP contribution in [0.1, 0.15) is 11.3 Å². The zero-order chi connectivity index (χ0) is 13.6. The van der Waals surface area contributed by atoms with Gasteiger partial charge in [0.15, 0.2) is 0 Å². The zero-order valence-corrected chi connectivity index (χ0v) is 10.6. The Morgan fingerprint density at radius 1 is 1.05 bits per heavy atom. The molecule has 0 aliphatic heterocycles. The summed E-state index contributed by atoms with van der Waals surface area (Å²) in [5.41, 5.74) is 3.09. The summed E-state index contributed by atoms with van der Waals surface area (Å²) in [6.07, 6.45) is 1.79. The first-order chi connectivity index (χ1) is 9.06. The third-order valence-electron chi connectivity index (χ3n) is 3.24. The molecule has 3 aromatic rings. The molecular weight excluding hydrogens is 242 g/mol. The molecule has 2 aromatic heterocycles. The van der Waals surface area contributed by atoms with Gasteiger partial charge in [-0.25, -0.2) is 4.79 Å². The van der Waals surface area contributed by atoms with Gasteiger partial charge in [0.2, 0.25) is 0 Å². The first kappa shape index (κ1) is 11.5. The van der Waals surface area contributed by atoms with E-state index in [0.717, 1.165) is 22.0 Å². The molecule has 0 atom stereocenters. The summed E-state index contributed by atoms with van der Waals surface area (Å²) < 4.78 is 0. The molecule has 0 aliphatic rings. The quantitative estimate of drug-likeness (QED) is 0.620. The van der Waals surface area contributed by atoms with Crippen LogP contribution >= 0.6 is 0 Å². The van der Waals surface area contributed by atoms with E-state index >= 15 is 0 Å². The summed E-state index contributed by atoms with van der Waals surface area (Å²) in [7, 11) is 0. The van der Waals surface area contributed by atoms with Crippen LogP contribution in [0.25, 0.3) is 22.0 Å². The van der Waals surface area contributed by atoms with Crippen molar-refractivity contribution in [3.8, 4) is 11.1 Å². The molecular formula is C14H13N3O2. The number of aryl methyl sites for hydroxylation is 2. The van der Waals surface area contributed by atoms with Crippen LogP contribution in [0.4, 0.5) is 0 Å². The molecule has 1 aromatic carbocycles. The fourth-order valence-corrected chi connectivity index (χ4v) is 2.37. The molecule has 0 fully saturated rings. The maximum Gasteiger partial charge on any atom is 0.325 e. The van der Waals surface area contributed by atoms with Crippen LogP contribution in [0, 0.1) is 13.8 Å². The Morgan fingerprint density at radius 3 is 2.58 bits per heavy atom. The average Bonchev–Trinajstić information content (AvgIpc) is 2.71. The van der Waals surface area contributed by atoms with Gasteiger partial charge in [-0.1, -0.05) is 11.6 Å². The third-order valence-corrected chi connectivity index (χ3v) is 3.24. The number of nitrogens with one attached hydrogen (secondary N) is 3. The van der Waals surface area contributed by atoms with Crippen molar-refractivity contribution < 1.29 is 0 Å². The van der Waals surface area contributed by atoms with Gasteiger partial charge in [-0.2, -0.15) is 0 Å². The average molecular weight is 255 g/mol. The summed E-state index contributed by atoms with van der Waals surface area (Å²) >= 11 is 0. The monoisotopic (exact) mass is 255 g/mol. The summed E-state index contributed by atoms with van der Waals surface area (Å²) in [5.74, 6) is 0. The summed E-state index contributed by atoms with van der Waals surface area (Å²) in [6, 6.07) is 6.00. The summed E-state index contributed by atoms with van der Waals surface area (Å²) in [6.45, 7) is 3.72. The van der Waals surface area contributed by atoms with E-state index < -0.39 is 5.69 Å². The number of hydrogen-bond donors (Lipinski definition) is 3. The summed E-state index contributed by atoms with van der Waals surface area (Å²) in [4.78, 5) is 31.3. The molecule has 96 valence electrons. The first-order valence-electron chi connectivity index (χ1n) is 5.97. The Bertz CT molecular complexity index is 884. The second-order valence-electron chi connectivity index (χ2n) is 4.66.